The number of nitro groups is 1. The third kappa shape index (κ3) is 6.89. The number of rotatable bonds is 8. The summed E-state index contributed by atoms with van der Waals surface area (Å²) >= 11 is 0. The largest absolute Gasteiger partial charge is 1.00 e. The van der Waals surface area contributed by atoms with Gasteiger partial charge in [-0.05, 0) is 36.4 Å². The van der Waals surface area contributed by atoms with Crippen LogP contribution >= 0.6 is 7.60 Å². The van der Waals surface area contributed by atoms with E-state index in [9.17, 15) is 28.0 Å². The molecule has 0 amide bonds. The van der Waals surface area contributed by atoms with Crippen molar-refractivity contribution < 1.29 is 61.6 Å². The smallest absolute Gasteiger partial charge is 0.768 e. The summed E-state index contributed by atoms with van der Waals surface area (Å²) in [6.45, 7) is 0. The van der Waals surface area contributed by atoms with Crippen molar-refractivity contribution in [2.45, 2.75) is 4.90 Å². The number of sulfonamides is 1. The van der Waals surface area contributed by atoms with Gasteiger partial charge in [0.05, 0.1) is 23.2 Å². The van der Waals surface area contributed by atoms with E-state index in [0.29, 0.717) is 5.75 Å². The first kappa shape index (κ1) is 23.6. The Morgan fingerprint density at radius 1 is 1.07 bits per heavy atom. The molecule has 2 rings (SSSR count). The van der Waals surface area contributed by atoms with Crippen LogP contribution in [0.25, 0.3) is 0 Å². The fourth-order valence-corrected chi connectivity index (χ4v) is 4.30. The molecule has 0 aromatic heterocycles. The zero-order valence-corrected chi connectivity index (χ0v) is 18.1. The van der Waals surface area contributed by atoms with Gasteiger partial charge >= 0.3 is 29.6 Å². The molecule has 140 valence electrons. The molecule has 0 bridgehead atoms. The van der Waals surface area contributed by atoms with Crippen LogP contribution in [-0.2, 0) is 14.6 Å². The molecule has 27 heavy (non-hydrogen) atoms. The number of benzene rings is 2. The molecular formula is C14H14N2NaO8PS. The SMILES string of the molecule is COc1ccc(S(=O)(=O)NCP(=O)([O-])Oc2ccc([N+](=O)[O-])cc2)cc1.[Na+]. The van der Waals surface area contributed by atoms with Crippen LogP contribution in [0.15, 0.2) is 53.4 Å². The number of nitro benzene ring substituents is 1. The molecule has 0 radical (unpaired) electrons. The van der Waals surface area contributed by atoms with Crippen molar-refractivity contribution in [3.63, 3.8) is 0 Å². The Morgan fingerprint density at radius 2 is 1.59 bits per heavy atom. The Morgan fingerprint density at radius 3 is 2.07 bits per heavy atom. The second-order valence-corrected chi connectivity index (χ2v) is 8.42. The molecule has 13 heteroatoms. The van der Waals surface area contributed by atoms with E-state index in [1.165, 1.54) is 31.4 Å². The molecule has 10 nitrogen and oxygen atoms in total. The Balaban J connectivity index is 0.00000364. The van der Waals surface area contributed by atoms with Crippen molar-refractivity contribution in [3.05, 3.63) is 58.6 Å². The Bertz CT molecular complexity index is 935. The molecule has 0 fully saturated rings. The van der Waals surface area contributed by atoms with E-state index in [1.54, 1.807) is 0 Å². The Kier molecular flexibility index (Phi) is 8.43. The normalized spacial score (nSPS) is 13.1. The van der Waals surface area contributed by atoms with Crippen LogP contribution in [0.5, 0.6) is 11.5 Å². The summed E-state index contributed by atoms with van der Waals surface area (Å²) in [6, 6.07) is 9.68. The zero-order valence-electron chi connectivity index (χ0n) is 14.4. The van der Waals surface area contributed by atoms with Gasteiger partial charge in [0.2, 0.25) is 10.0 Å². The van der Waals surface area contributed by atoms with Gasteiger partial charge in [0.15, 0.2) is 7.60 Å². The van der Waals surface area contributed by atoms with Crippen molar-refractivity contribution in [2.24, 2.45) is 0 Å². The molecule has 2 aromatic rings. The summed E-state index contributed by atoms with van der Waals surface area (Å²) in [6.07, 6.45) is -0.988. The minimum atomic E-state index is -4.62. The molecule has 2 aromatic carbocycles. The first-order valence-corrected chi connectivity index (χ1v) is 10.2. The third-order valence-electron chi connectivity index (χ3n) is 3.11. The van der Waals surface area contributed by atoms with Gasteiger partial charge in [0.25, 0.3) is 5.69 Å². The van der Waals surface area contributed by atoms with Crippen molar-refractivity contribution in [2.75, 3.05) is 13.4 Å². The molecule has 0 saturated heterocycles. The number of nitrogens with zero attached hydrogens (tertiary/aromatic N) is 1. The van der Waals surface area contributed by atoms with E-state index in [-0.39, 0.29) is 45.9 Å². The van der Waals surface area contributed by atoms with E-state index in [2.05, 4.69) is 0 Å². The summed E-state index contributed by atoms with van der Waals surface area (Å²) in [5, 5.41) is 10.5. The maximum absolute atomic E-state index is 12.1. The zero-order chi connectivity index (χ0) is 19.4. The van der Waals surface area contributed by atoms with Crippen LogP contribution in [0.2, 0.25) is 0 Å². The minimum Gasteiger partial charge on any atom is -0.768 e. The third-order valence-corrected chi connectivity index (χ3v) is 5.78. The second kappa shape index (κ2) is 9.65. The predicted molar refractivity (Wildman–Crippen MR) is 89.5 cm³/mol. The quantitative estimate of drug-likeness (QED) is 0.232. The molecule has 0 aliphatic heterocycles. The summed E-state index contributed by atoms with van der Waals surface area (Å²) in [4.78, 5) is 21.7. The van der Waals surface area contributed by atoms with Gasteiger partial charge in [-0.15, -0.1) is 0 Å². The molecule has 0 aliphatic carbocycles. The van der Waals surface area contributed by atoms with Crippen LogP contribution in [0.3, 0.4) is 0 Å². The van der Waals surface area contributed by atoms with Gasteiger partial charge in [0, 0.05) is 12.1 Å². The Hall–Kier alpha value is -1.46. The van der Waals surface area contributed by atoms with Gasteiger partial charge in [-0.25, -0.2) is 13.1 Å². The number of nitrogens with one attached hydrogen (secondary N) is 1. The second-order valence-electron chi connectivity index (χ2n) is 4.93. The number of hydrogen-bond acceptors (Lipinski definition) is 8. The van der Waals surface area contributed by atoms with E-state index in [4.69, 9.17) is 9.26 Å². The number of non-ortho nitro benzene ring substituents is 1. The summed E-state index contributed by atoms with van der Waals surface area (Å²) in [7, 11) is -7.27. The molecular weight excluding hydrogens is 410 g/mol. The maximum Gasteiger partial charge on any atom is 1.00 e. The molecule has 0 saturated carbocycles. The van der Waals surface area contributed by atoms with Crippen LogP contribution in [0.1, 0.15) is 0 Å². The summed E-state index contributed by atoms with van der Waals surface area (Å²) in [5.41, 5.74) is -0.238. The predicted octanol–water partition coefficient (Wildman–Crippen LogP) is -1.52. The maximum atomic E-state index is 12.1. The Labute approximate surface area is 177 Å². The standard InChI is InChI=1S/C14H15N2O8PS.Na/c1-23-12-6-8-14(9-7-12)26(21,22)15-10-25(19,20)24-13-4-2-11(3-5-13)16(17)18;/h2-9,15H,10H2,1H3,(H,19,20);/q;+1/p-1. The van der Waals surface area contributed by atoms with E-state index in [0.717, 1.165) is 24.3 Å². The van der Waals surface area contributed by atoms with Gasteiger partial charge in [-0.2, -0.15) is 0 Å². The monoisotopic (exact) mass is 424 g/mol. The van der Waals surface area contributed by atoms with Gasteiger partial charge in [0.1, 0.15) is 11.5 Å². The fraction of sp³-hybridized carbons (Fsp3) is 0.143. The fourth-order valence-electron chi connectivity index (χ4n) is 1.82. The summed E-state index contributed by atoms with van der Waals surface area (Å²) < 4.78 is 47.7. The van der Waals surface area contributed by atoms with E-state index >= 15 is 0 Å². The first-order chi connectivity index (χ1) is 12.1. The number of hydrogen-bond donors (Lipinski definition) is 1. The van der Waals surface area contributed by atoms with Crippen molar-refractivity contribution in [1.29, 1.82) is 0 Å². The van der Waals surface area contributed by atoms with E-state index < -0.39 is 28.8 Å². The molecule has 0 spiro atoms. The average Bonchev–Trinajstić information content (AvgIpc) is 2.60. The van der Waals surface area contributed by atoms with Crippen LogP contribution in [-0.4, -0.2) is 26.7 Å². The molecule has 1 unspecified atom stereocenters. The first-order valence-electron chi connectivity index (χ1n) is 7.01. The van der Waals surface area contributed by atoms with Crippen molar-refractivity contribution in [1.82, 2.24) is 4.72 Å². The van der Waals surface area contributed by atoms with Crippen molar-refractivity contribution >= 4 is 23.3 Å². The molecule has 0 aliphatic rings. The average molecular weight is 424 g/mol. The van der Waals surface area contributed by atoms with Crippen molar-refractivity contribution in [3.8, 4) is 11.5 Å². The topological polar surface area (TPSA) is 148 Å². The molecule has 1 atom stereocenters. The van der Waals surface area contributed by atoms with Gasteiger partial charge in [-0.3, -0.25) is 14.7 Å². The minimum absolute atomic E-state index is 0. The van der Waals surface area contributed by atoms with Crippen LogP contribution in [0.4, 0.5) is 5.69 Å². The number of ether oxygens (including phenoxy) is 1. The van der Waals surface area contributed by atoms with Crippen LogP contribution in [0, 0.1) is 10.1 Å². The molecule has 1 N–H and O–H groups in total. The van der Waals surface area contributed by atoms with Gasteiger partial charge in [-0.1, -0.05) is 0 Å². The molecule has 0 heterocycles. The van der Waals surface area contributed by atoms with E-state index in [1.807, 2.05) is 4.72 Å². The van der Waals surface area contributed by atoms with Crippen LogP contribution < -0.4 is 48.4 Å². The van der Waals surface area contributed by atoms with Gasteiger partial charge < -0.3 is 14.2 Å². The number of methoxy groups -OCH3 is 1. The summed E-state index contributed by atoms with van der Waals surface area (Å²) in [5.74, 6) is 0.275.